The Morgan fingerprint density at radius 3 is 2.29 bits per heavy atom. The summed E-state index contributed by atoms with van der Waals surface area (Å²) in [6, 6.07) is -0.216. The van der Waals surface area contributed by atoms with Crippen molar-refractivity contribution >= 4 is 11.9 Å². The molecule has 0 radical (unpaired) electrons. The fraction of sp³-hybridized carbons (Fsp3) is 0.739. The summed E-state index contributed by atoms with van der Waals surface area (Å²) in [5, 5.41) is 3.28. The number of hydrogen-bond acceptors (Lipinski definition) is 3. The second-order valence-electron chi connectivity index (χ2n) is 9.09. The summed E-state index contributed by atoms with van der Waals surface area (Å²) in [5.41, 5.74) is -0.694. The van der Waals surface area contributed by atoms with Crippen LogP contribution < -0.4 is 5.32 Å². The minimum absolute atomic E-state index is 0.0154. The first-order valence-corrected chi connectivity index (χ1v) is 11.1. The van der Waals surface area contributed by atoms with Crippen molar-refractivity contribution < 1.29 is 9.59 Å². The molecule has 3 rings (SSSR count). The third-order valence-corrected chi connectivity index (χ3v) is 7.10. The number of carbonyl (C=O) groups is 2. The van der Waals surface area contributed by atoms with Gasteiger partial charge < -0.3 is 5.32 Å². The second kappa shape index (κ2) is 9.25. The Balaban J connectivity index is 1.88. The van der Waals surface area contributed by atoms with Crippen molar-refractivity contribution in [1.29, 1.82) is 0 Å². The van der Waals surface area contributed by atoms with E-state index in [4.69, 9.17) is 0 Å². The van der Waals surface area contributed by atoms with Crippen LogP contribution in [0.3, 0.4) is 0 Å². The van der Waals surface area contributed by atoms with Gasteiger partial charge in [-0.1, -0.05) is 51.2 Å². The van der Waals surface area contributed by atoms with Gasteiger partial charge in [0.15, 0.2) is 0 Å². The average Bonchev–Trinajstić information content (AvgIpc) is 2.95. The molecule has 2 aliphatic carbocycles. The summed E-state index contributed by atoms with van der Waals surface area (Å²) in [7, 11) is 0. The standard InChI is InChI=1S/C23H37N3O2/c1-4-14-25(15-5-2)17-26-21(27)23(24-22(26)28,19-11-7-6-8-12-19)20-13-9-10-18(3)16-20/h4-5,18-20H,1-2,6-17H2,3H3,(H,24,28). The lowest BCUT2D eigenvalue weighted by Crippen LogP contribution is -2.60. The van der Waals surface area contributed by atoms with Crippen LogP contribution in [0.2, 0.25) is 0 Å². The number of urea groups is 1. The molecule has 0 aromatic carbocycles. The Morgan fingerprint density at radius 1 is 1.04 bits per heavy atom. The molecule has 3 aliphatic rings. The molecule has 5 nitrogen and oxygen atoms in total. The molecule has 0 aromatic heterocycles. The molecule has 0 aromatic rings. The van der Waals surface area contributed by atoms with Gasteiger partial charge >= 0.3 is 6.03 Å². The largest absolute Gasteiger partial charge is 0.326 e. The van der Waals surface area contributed by atoms with Gasteiger partial charge in [-0.25, -0.2) is 9.69 Å². The van der Waals surface area contributed by atoms with Crippen molar-refractivity contribution in [3.8, 4) is 0 Å². The van der Waals surface area contributed by atoms with Gasteiger partial charge in [-0.05, 0) is 43.4 Å². The van der Waals surface area contributed by atoms with Crippen LogP contribution in [0.4, 0.5) is 4.79 Å². The smallest absolute Gasteiger partial charge is 0.322 e. The first kappa shape index (κ1) is 21.1. The Morgan fingerprint density at radius 2 is 1.68 bits per heavy atom. The van der Waals surface area contributed by atoms with Gasteiger partial charge in [0.2, 0.25) is 0 Å². The highest BCUT2D eigenvalue weighted by atomic mass is 16.2. The maximum atomic E-state index is 13.9. The summed E-state index contributed by atoms with van der Waals surface area (Å²) in [5.74, 6) is 1.16. The molecule has 1 saturated heterocycles. The minimum Gasteiger partial charge on any atom is -0.322 e. The van der Waals surface area contributed by atoms with E-state index in [1.807, 2.05) is 4.90 Å². The summed E-state index contributed by atoms with van der Waals surface area (Å²) in [6.45, 7) is 11.4. The molecule has 1 aliphatic heterocycles. The zero-order valence-corrected chi connectivity index (χ0v) is 17.5. The van der Waals surface area contributed by atoms with Crippen LogP contribution >= 0.6 is 0 Å². The van der Waals surface area contributed by atoms with Crippen molar-refractivity contribution in [2.45, 2.75) is 70.3 Å². The molecule has 28 heavy (non-hydrogen) atoms. The molecule has 5 heteroatoms. The number of carbonyl (C=O) groups excluding carboxylic acids is 2. The van der Waals surface area contributed by atoms with Gasteiger partial charge in [0, 0.05) is 13.1 Å². The molecule has 3 fully saturated rings. The molecule has 0 bridgehead atoms. The first-order valence-electron chi connectivity index (χ1n) is 11.1. The Bertz CT molecular complexity index is 589. The van der Waals surface area contributed by atoms with Gasteiger partial charge in [0.1, 0.15) is 5.54 Å². The number of amides is 3. The molecule has 3 amide bonds. The Hall–Kier alpha value is -1.62. The van der Waals surface area contributed by atoms with E-state index in [1.165, 1.54) is 17.7 Å². The van der Waals surface area contributed by atoms with Crippen LogP contribution in [0.5, 0.6) is 0 Å². The molecule has 3 unspecified atom stereocenters. The van der Waals surface area contributed by atoms with E-state index in [-0.39, 0.29) is 23.8 Å². The minimum atomic E-state index is -0.694. The fourth-order valence-corrected chi connectivity index (χ4v) is 5.79. The lowest BCUT2D eigenvalue weighted by atomic mass is 9.62. The Labute approximate surface area is 170 Å². The first-order chi connectivity index (χ1) is 13.5. The van der Waals surface area contributed by atoms with E-state index >= 15 is 0 Å². The lowest BCUT2D eigenvalue weighted by Gasteiger charge is -2.45. The molecule has 2 saturated carbocycles. The zero-order chi connectivity index (χ0) is 20.1. The summed E-state index contributed by atoms with van der Waals surface area (Å²) >= 11 is 0. The van der Waals surface area contributed by atoms with Crippen LogP contribution in [0.25, 0.3) is 0 Å². The van der Waals surface area contributed by atoms with E-state index in [1.54, 1.807) is 12.2 Å². The maximum absolute atomic E-state index is 13.9. The highest BCUT2D eigenvalue weighted by molar-refractivity contribution is 6.07. The number of nitrogens with zero attached hydrogens (tertiary/aromatic N) is 2. The molecular formula is C23H37N3O2. The summed E-state index contributed by atoms with van der Waals surface area (Å²) < 4.78 is 0. The van der Waals surface area contributed by atoms with Gasteiger partial charge in [-0.2, -0.15) is 0 Å². The molecule has 1 N–H and O–H groups in total. The molecule has 1 heterocycles. The quantitative estimate of drug-likeness (QED) is 0.499. The third kappa shape index (κ3) is 4.05. The van der Waals surface area contributed by atoms with Gasteiger partial charge in [0.05, 0.1) is 6.67 Å². The predicted molar refractivity (Wildman–Crippen MR) is 113 cm³/mol. The molecular weight excluding hydrogens is 350 g/mol. The average molecular weight is 388 g/mol. The topological polar surface area (TPSA) is 52.6 Å². The molecule has 0 spiro atoms. The monoisotopic (exact) mass is 387 g/mol. The van der Waals surface area contributed by atoms with E-state index < -0.39 is 5.54 Å². The molecule has 3 atom stereocenters. The van der Waals surface area contributed by atoms with E-state index in [9.17, 15) is 9.59 Å². The normalized spacial score (nSPS) is 31.9. The van der Waals surface area contributed by atoms with Crippen molar-refractivity contribution in [3.63, 3.8) is 0 Å². The van der Waals surface area contributed by atoms with Crippen LogP contribution in [-0.2, 0) is 4.79 Å². The number of hydrogen-bond donors (Lipinski definition) is 1. The SMILES string of the molecule is C=CCN(CC=C)CN1C(=O)NC(C2CCCCC2)(C2CCCC(C)C2)C1=O. The second-order valence-corrected chi connectivity index (χ2v) is 9.09. The number of rotatable bonds is 8. The highest BCUT2D eigenvalue weighted by Crippen LogP contribution is 2.47. The van der Waals surface area contributed by atoms with Crippen molar-refractivity contribution in [2.24, 2.45) is 17.8 Å². The predicted octanol–water partition coefficient (Wildman–Crippen LogP) is 4.32. The highest BCUT2D eigenvalue weighted by Gasteiger charge is 2.59. The Kier molecular flexibility index (Phi) is 6.97. The van der Waals surface area contributed by atoms with Crippen LogP contribution in [0.15, 0.2) is 25.3 Å². The van der Waals surface area contributed by atoms with Crippen LogP contribution in [0.1, 0.15) is 64.7 Å². The van der Waals surface area contributed by atoms with Crippen LogP contribution in [0, 0.1) is 17.8 Å². The van der Waals surface area contributed by atoms with Gasteiger partial charge in [-0.3, -0.25) is 9.69 Å². The summed E-state index contributed by atoms with van der Waals surface area (Å²) in [4.78, 5) is 30.4. The zero-order valence-electron chi connectivity index (χ0n) is 17.5. The fourth-order valence-electron chi connectivity index (χ4n) is 5.79. The van der Waals surface area contributed by atoms with Gasteiger partial charge in [-0.15, -0.1) is 13.2 Å². The number of imide groups is 1. The van der Waals surface area contributed by atoms with Crippen molar-refractivity contribution in [2.75, 3.05) is 19.8 Å². The maximum Gasteiger partial charge on any atom is 0.326 e. The van der Waals surface area contributed by atoms with Crippen molar-refractivity contribution in [3.05, 3.63) is 25.3 Å². The number of nitrogens with one attached hydrogen (secondary N) is 1. The van der Waals surface area contributed by atoms with E-state index in [2.05, 4.69) is 25.4 Å². The van der Waals surface area contributed by atoms with E-state index in [0.717, 1.165) is 44.9 Å². The van der Waals surface area contributed by atoms with E-state index in [0.29, 0.717) is 25.7 Å². The van der Waals surface area contributed by atoms with Crippen molar-refractivity contribution in [1.82, 2.24) is 15.1 Å². The van der Waals surface area contributed by atoms with Gasteiger partial charge in [0.25, 0.3) is 5.91 Å². The molecule has 156 valence electrons. The summed E-state index contributed by atoms with van der Waals surface area (Å²) in [6.07, 6.45) is 13.8. The lowest BCUT2D eigenvalue weighted by molar-refractivity contribution is -0.138. The third-order valence-electron chi connectivity index (χ3n) is 7.10. The van der Waals surface area contributed by atoms with Crippen LogP contribution in [-0.4, -0.2) is 47.0 Å².